The standard InChI is InChI=1S/C16H13BrF2N2O2/c17-10-4-1-3-9(7-10)8-13(15(20)22)21-16(23)11-5-2-6-12(18)14(11)19/h1-7,13H,8H2,(H2,20,22)(H,21,23)/t13-/m1/s1. The van der Waals surface area contributed by atoms with E-state index in [0.29, 0.717) is 0 Å². The van der Waals surface area contributed by atoms with E-state index in [1.54, 1.807) is 18.2 Å². The number of hydrogen-bond acceptors (Lipinski definition) is 2. The fraction of sp³-hybridized carbons (Fsp3) is 0.125. The number of primary amides is 1. The van der Waals surface area contributed by atoms with Gasteiger partial charge in [-0.3, -0.25) is 9.59 Å². The fourth-order valence-corrected chi connectivity index (χ4v) is 2.48. The minimum atomic E-state index is -1.27. The molecule has 0 aliphatic rings. The molecule has 2 rings (SSSR count). The molecule has 0 heterocycles. The van der Waals surface area contributed by atoms with Gasteiger partial charge in [0.15, 0.2) is 11.6 Å². The number of hydrogen-bond donors (Lipinski definition) is 2. The molecule has 0 aliphatic carbocycles. The van der Waals surface area contributed by atoms with Crippen LogP contribution in [0, 0.1) is 11.6 Å². The van der Waals surface area contributed by atoms with E-state index in [1.165, 1.54) is 6.07 Å². The van der Waals surface area contributed by atoms with Crippen LogP contribution in [0.3, 0.4) is 0 Å². The molecule has 0 aromatic heterocycles. The molecule has 7 heteroatoms. The first-order chi connectivity index (χ1) is 10.9. The third-order valence-corrected chi connectivity index (χ3v) is 3.67. The summed E-state index contributed by atoms with van der Waals surface area (Å²) in [6.45, 7) is 0. The van der Waals surface area contributed by atoms with Gasteiger partial charge in [0.25, 0.3) is 5.91 Å². The predicted molar refractivity (Wildman–Crippen MR) is 84.7 cm³/mol. The number of amides is 2. The smallest absolute Gasteiger partial charge is 0.255 e. The van der Waals surface area contributed by atoms with Crippen molar-refractivity contribution in [2.24, 2.45) is 5.73 Å². The van der Waals surface area contributed by atoms with Gasteiger partial charge < -0.3 is 11.1 Å². The SMILES string of the molecule is NC(=O)[C@@H](Cc1cccc(Br)c1)NC(=O)c1cccc(F)c1F. The molecular weight excluding hydrogens is 370 g/mol. The molecule has 2 aromatic rings. The summed E-state index contributed by atoms with van der Waals surface area (Å²) in [5.74, 6) is -4.08. The number of nitrogens with one attached hydrogen (secondary N) is 1. The number of halogens is 3. The summed E-state index contributed by atoms with van der Waals surface area (Å²) < 4.78 is 27.6. The van der Waals surface area contributed by atoms with E-state index in [-0.39, 0.29) is 6.42 Å². The van der Waals surface area contributed by atoms with Crippen molar-refractivity contribution in [3.8, 4) is 0 Å². The summed E-state index contributed by atoms with van der Waals surface area (Å²) in [7, 11) is 0. The van der Waals surface area contributed by atoms with Crippen LogP contribution < -0.4 is 11.1 Å². The molecule has 0 aliphatic heterocycles. The van der Waals surface area contributed by atoms with Crippen LogP contribution in [-0.2, 0) is 11.2 Å². The largest absolute Gasteiger partial charge is 0.368 e. The zero-order valence-corrected chi connectivity index (χ0v) is 13.4. The second-order valence-electron chi connectivity index (χ2n) is 4.86. The van der Waals surface area contributed by atoms with Crippen LogP contribution in [0.5, 0.6) is 0 Å². The molecule has 0 spiro atoms. The monoisotopic (exact) mass is 382 g/mol. The summed E-state index contributed by atoms with van der Waals surface area (Å²) in [6.07, 6.45) is 0.136. The summed E-state index contributed by atoms with van der Waals surface area (Å²) in [5, 5.41) is 2.33. The van der Waals surface area contributed by atoms with Gasteiger partial charge in [-0.15, -0.1) is 0 Å². The molecular formula is C16H13BrF2N2O2. The number of carbonyl (C=O) groups is 2. The Morgan fingerprint density at radius 3 is 2.52 bits per heavy atom. The van der Waals surface area contributed by atoms with Crippen LogP contribution in [0.4, 0.5) is 8.78 Å². The van der Waals surface area contributed by atoms with Crippen molar-refractivity contribution >= 4 is 27.7 Å². The van der Waals surface area contributed by atoms with E-state index in [1.807, 2.05) is 6.07 Å². The van der Waals surface area contributed by atoms with Gasteiger partial charge in [-0.25, -0.2) is 8.78 Å². The molecule has 120 valence electrons. The van der Waals surface area contributed by atoms with Crippen molar-refractivity contribution in [2.75, 3.05) is 0 Å². The van der Waals surface area contributed by atoms with E-state index in [0.717, 1.165) is 22.2 Å². The first kappa shape index (κ1) is 17.1. The van der Waals surface area contributed by atoms with Crippen LogP contribution in [0.1, 0.15) is 15.9 Å². The number of benzene rings is 2. The maximum atomic E-state index is 13.6. The quantitative estimate of drug-likeness (QED) is 0.833. The highest BCUT2D eigenvalue weighted by molar-refractivity contribution is 9.10. The van der Waals surface area contributed by atoms with Gasteiger partial charge in [-0.2, -0.15) is 0 Å². The molecule has 0 radical (unpaired) electrons. The molecule has 3 N–H and O–H groups in total. The van der Waals surface area contributed by atoms with E-state index < -0.39 is 35.1 Å². The summed E-state index contributed by atoms with van der Waals surface area (Å²) in [5.41, 5.74) is 5.56. The lowest BCUT2D eigenvalue weighted by molar-refractivity contribution is -0.119. The molecule has 0 saturated heterocycles. The Hall–Kier alpha value is -2.28. The number of rotatable bonds is 5. The number of carbonyl (C=O) groups excluding carboxylic acids is 2. The van der Waals surface area contributed by atoms with Crippen molar-refractivity contribution in [2.45, 2.75) is 12.5 Å². The zero-order chi connectivity index (χ0) is 17.0. The Balaban J connectivity index is 2.18. The van der Waals surface area contributed by atoms with Gasteiger partial charge >= 0.3 is 0 Å². The lowest BCUT2D eigenvalue weighted by atomic mass is 10.0. The van der Waals surface area contributed by atoms with Crippen LogP contribution in [0.15, 0.2) is 46.9 Å². The van der Waals surface area contributed by atoms with Gasteiger partial charge in [-0.1, -0.05) is 34.1 Å². The Kier molecular flexibility index (Phi) is 5.44. The van der Waals surface area contributed by atoms with Crippen molar-refractivity contribution in [1.29, 1.82) is 0 Å². The van der Waals surface area contributed by atoms with Gasteiger partial charge in [0.05, 0.1) is 5.56 Å². The third-order valence-electron chi connectivity index (χ3n) is 3.17. The van der Waals surface area contributed by atoms with Crippen molar-refractivity contribution in [3.63, 3.8) is 0 Å². The zero-order valence-electron chi connectivity index (χ0n) is 11.9. The van der Waals surface area contributed by atoms with Gasteiger partial charge in [0, 0.05) is 10.9 Å². The van der Waals surface area contributed by atoms with Gasteiger partial charge in [-0.05, 0) is 29.8 Å². The van der Waals surface area contributed by atoms with Crippen LogP contribution in [-0.4, -0.2) is 17.9 Å². The number of nitrogens with two attached hydrogens (primary N) is 1. The second-order valence-corrected chi connectivity index (χ2v) is 5.78. The fourth-order valence-electron chi connectivity index (χ4n) is 2.04. The highest BCUT2D eigenvalue weighted by Crippen LogP contribution is 2.14. The topological polar surface area (TPSA) is 72.2 Å². The molecule has 2 aromatic carbocycles. The summed E-state index contributed by atoms with van der Waals surface area (Å²) >= 11 is 3.30. The average molecular weight is 383 g/mol. The Morgan fingerprint density at radius 2 is 1.87 bits per heavy atom. The lowest BCUT2D eigenvalue weighted by Gasteiger charge is -2.16. The normalized spacial score (nSPS) is 11.8. The summed E-state index contributed by atoms with van der Waals surface area (Å²) in [6, 6.07) is 9.31. The van der Waals surface area contributed by atoms with Gasteiger partial charge in [0.1, 0.15) is 6.04 Å². The Labute approximate surface area is 139 Å². The molecule has 0 saturated carbocycles. The highest BCUT2D eigenvalue weighted by atomic mass is 79.9. The molecule has 0 fully saturated rings. The molecule has 0 bridgehead atoms. The molecule has 0 unspecified atom stereocenters. The van der Waals surface area contributed by atoms with E-state index in [4.69, 9.17) is 5.73 Å². The van der Waals surface area contributed by atoms with E-state index >= 15 is 0 Å². The Bertz CT molecular complexity index is 753. The second kappa shape index (κ2) is 7.32. The van der Waals surface area contributed by atoms with E-state index in [2.05, 4.69) is 21.2 Å². The molecule has 4 nitrogen and oxygen atoms in total. The third kappa shape index (κ3) is 4.35. The van der Waals surface area contributed by atoms with Crippen LogP contribution >= 0.6 is 15.9 Å². The maximum absolute atomic E-state index is 13.6. The molecule has 1 atom stereocenters. The van der Waals surface area contributed by atoms with Crippen molar-refractivity contribution in [1.82, 2.24) is 5.32 Å². The minimum Gasteiger partial charge on any atom is -0.368 e. The highest BCUT2D eigenvalue weighted by Gasteiger charge is 2.22. The van der Waals surface area contributed by atoms with Gasteiger partial charge in [0.2, 0.25) is 5.91 Å². The average Bonchev–Trinajstić information content (AvgIpc) is 2.49. The molecule has 2 amide bonds. The molecule has 23 heavy (non-hydrogen) atoms. The first-order valence-corrected chi connectivity index (χ1v) is 7.46. The van der Waals surface area contributed by atoms with E-state index in [9.17, 15) is 18.4 Å². The minimum absolute atomic E-state index is 0.136. The van der Waals surface area contributed by atoms with Crippen molar-refractivity contribution in [3.05, 3.63) is 69.7 Å². The predicted octanol–water partition coefficient (Wildman–Crippen LogP) is 2.55. The van der Waals surface area contributed by atoms with Crippen LogP contribution in [0.25, 0.3) is 0 Å². The Morgan fingerprint density at radius 1 is 1.17 bits per heavy atom. The lowest BCUT2D eigenvalue weighted by Crippen LogP contribution is -2.46. The maximum Gasteiger partial charge on any atom is 0.255 e. The van der Waals surface area contributed by atoms with Crippen molar-refractivity contribution < 1.29 is 18.4 Å². The summed E-state index contributed by atoms with van der Waals surface area (Å²) in [4.78, 5) is 23.6. The van der Waals surface area contributed by atoms with Crippen LogP contribution in [0.2, 0.25) is 0 Å². The first-order valence-electron chi connectivity index (χ1n) is 6.67.